The van der Waals surface area contributed by atoms with Gasteiger partial charge < -0.3 is 15.4 Å². The third-order valence-corrected chi connectivity index (χ3v) is 4.08. The molecule has 0 saturated carbocycles. The molecular weight excluding hydrogens is 310 g/mol. The van der Waals surface area contributed by atoms with Crippen LogP contribution in [-0.4, -0.2) is 39.3 Å². The summed E-state index contributed by atoms with van der Waals surface area (Å²) < 4.78 is 5.36. The first-order chi connectivity index (χ1) is 12.3. The van der Waals surface area contributed by atoms with Crippen molar-refractivity contribution >= 4 is 5.96 Å². The molecule has 4 heteroatoms. The summed E-state index contributed by atoms with van der Waals surface area (Å²) in [7, 11) is 1.80. The van der Waals surface area contributed by atoms with Crippen LogP contribution in [0.15, 0.2) is 65.7 Å². The number of hydrogen-bond donors (Lipinski definition) is 2. The van der Waals surface area contributed by atoms with Crippen LogP contribution < -0.4 is 10.6 Å². The van der Waals surface area contributed by atoms with Gasteiger partial charge in [0.2, 0.25) is 0 Å². The number of ether oxygens (including phenoxy) is 1. The predicted molar refractivity (Wildman–Crippen MR) is 105 cm³/mol. The molecule has 134 valence electrons. The van der Waals surface area contributed by atoms with E-state index in [1.54, 1.807) is 7.05 Å². The quantitative estimate of drug-likeness (QED) is 0.419. The molecule has 1 unspecified atom stereocenters. The van der Waals surface area contributed by atoms with Gasteiger partial charge in [-0.15, -0.1) is 0 Å². The Kier molecular flexibility index (Phi) is 8.56. The van der Waals surface area contributed by atoms with Crippen LogP contribution >= 0.6 is 0 Å². The van der Waals surface area contributed by atoms with E-state index >= 15 is 0 Å². The molecule has 0 aliphatic rings. The van der Waals surface area contributed by atoms with Crippen molar-refractivity contribution in [2.45, 2.75) is 19.3 Å². The van der Waals surface area contributed by atoms with Crippen LogP contribution in [0.5, 0.6) is 0 Å². The van der Waals surface area contributed by atoms with E-state index in [2.05, 4.69) is 76.3 Å². The summed E-state index contributed by atoms with van der Waals surface area (Å²) in [4.78, 5) is 4.30. The summed E-state index contributed by atoms with van der Waals surface area (Å²) in [5.41, 5.74) is 2.68. The average molecular weight is 339 g/mol. The van der Waals surface area contributed by atoms with Gasteiger partial charge in [0.1, 0.15) is 0 Å². The molecule has 0 aliphatic heterocycles. The van der Waals surface area contributed by atoms with Gasteiger partial charge in [0.15, 0.2) is 5.96 Å². The Morgan fingerprint density at radius 3 is 2.32 bits per heavy atom. The number of benzene rings is 2. The molecule has 0 amide bonds. The van der Waals surface area contributed by atoms with E-state index in [0.29, 0.717) is 12.5 Å². The highest BCUT2D eigenvalue weighted by Gasteiger charge is 2.13. The fourth-order valence-electron chi connectivity index (χ4n) is 2.76. The normalized spacial score (nSPS) is 12.6. The molecule has 2 aromatic carbocycles. The molecule has 0 aliphatic carbocycles. The monoisotopic (exact) mass is 339 g/mol. The lowest BCUT2D eigenvalue weighted by atomic mass is 9.92. The minimum atomic E-state index is 0.383. The van der Waals surface area contributed by atoms with Crippen LogP contribution in [0.4, 0.5) is 0 Å². The van der Waals surface area contributed by atoms with Gasteiger partial charge >= 0.3 is 0 Å². The second kappa shape index (κ2) is 11.3. The third-order valence-electron chi connectivity index (χ3n) is 4.08. The Bertz CT molecular complexity index is 614. The standard InChI is InChI=1S/C21H29N3O/c1-3-25-15-14-23-21(22-2)24-17-20(19-12-8-5-9-13-19)16-18-10-6-4-7-11-18/h4-13,20H,3,14-17H2,1-2H3,(H2,22,23,24). The van der Waals surface area contributed by atoms with Gasteiger partial charge in [-0.2, -0.15) is 0 Å². The van der Waals surface area contributed by atoms with E-state index in [9.17, 15) is 0 Å². The van der Waals surface area contributed by atoms with Crippen LogP contribution in [0.3, 0.4) is 0 Å². The van der Waals surface area contributed by atoms with Gasteiger partial charge in [-0.25, -0.2) is 0 Å². The van der Waals surface area contributed by atoms with Crippen molar-refractivity contribution in [3.63, 3.8) is 0 Å². The number of nitrogens with zero attached hydrogens (tertiary/aromatic N) is 1. The molecule has 2 rings (SSSR count). The van der Waals surface area contributed by atoms with Crippen molar-refractivity contribution in [3.8, 4) is 0 Å². The van der Waals surface area contributed by atoms with E-state index in [0.717, 1.165) is 32.1 Å². The molecule has 25 heavy (non-hydrogen) atoms. The van der Waals surface area contributed by atoms with Crippen LogP contribution in [-0.2, 0) is 11.2 Å². The number of guanidine groups is 1. The van der Waals surface area contributed by atoms with Crippen molar-refractivity contribution in [2.24, 2.45) is 4.99 Å². The number of nitrogens with one attached hydrogen (secondary N) is 2. The Balaban J connectivity index is 1.96. The molecular formula is C21H29N3O. The molecule has 0 radical (unpaired) electrons. The Morgan fingerprint density at radius 1 is 1.00 bits per heavy atom. The summed E-state index contributed by atoms with van der Waals surface area (Å²) >= 11 is 0. The van der Waals surface area contributed by atoms with Crippen LogP contribution in [0.25, 0.3) is 0 Å². The lowest BCUT2D eigenvalue weighted by Gasteiger charge is -2.20. The molecule has 0 spiro atoms. The maximum Gasteiger partial charge on any atom is 0.191 e. The summed E-state index contributed by atoms with van der Waals surface area (Å²) in [5, 5.41) is 6.74. The van der Waals surface area contributed by atoms with Gasteiger partial charge in [0, 0.05) is 32.7 Å². The fourth-order valence-corrected chi connectivity index (χ4v) is 2.76. The maximum atomic E-state index is 5.36. The van der Waals surface area contributed by atoms with Crippen LogP contribution in [0, 0.1) is 0 Å². The van der Waals surface area contributed by atoms with E-state index in [4.69, 9.17) is 4.74 Å². The molecule has 0 bridgehead atoms. The number of hydrogen-bond acceptors (Lipinski definition) is 2. The van der Waals surface area contributed by atoms with Crippen LogP contribution in [0.2, 0.25) is 0 Å². The van der Waals surface area contributed by atoms with E-state index in [-0.39, 0.29) is 0 Å². The third kappa shape index (κ3) is 6.98. The molecule has 0 saturated heterocycles. The largest absolute Gasteiger partial charge is 0.380 e. The second-order valence-corrected chi connectivity index (χ2v) is 5.87. The second-order valence-electron chi connectivity index (χ2n) is 5.87. The first-order valence-corrected chi connectivity index (χ1v) is 8.94. The predicted octanol–water partition coefficient (Wildman–Crippen LogP) is 3.21. The minimum absolute atomic E-state index is 0.383. The molecule has 2 aromatic rings. The van der Waals surface area contributed by atoms with Crippen molar-refractivity contribution in [1.29, 1.82) is 0 Å². The van der Waals surface area contributed by atoms with Crippen molar-refractivity contribution in [3.05, 3.63) is 71.8 Å². The van der Waals surface area contributed by atoms with Gasteiger partial charge in [-0.1, -0.05) is 60.7 Å². The smallest absolute Gasteiger partial charge is 0.191 e. The molecule has 1 atom stereocenters. The average Bonchev–Trinajstić information content (AvgIpc) is 2.68. The zero-order valence-electron chi connectivity index (χ0n) is 15.2. The van der Waals surface area contributed by atoms with Gasteiger partial charge in [0.25, 0.3) is 0 Å². The molecule has 0 heterocycles. The highest BCUT2D eigenvalue weighted by atomic mass is 16.5. The summed E-state index contributed by atoms with van der Waals surface area (Å²) in [6, 6.07) is 21.3. The van der Waals surface area contributed by atoms with Crippen molar-refractivity contribution in [1.82, 2.24) is 10.6 Å². The van der Waals surface area contributed by atoms with Crippen molar-refractivity contribution in [2.75, 3.05) is 33.4 Å². The molecule has 0 aromatic heterocycles. The highest BCUT2D eigenvalue weighted by molar-refractivity contribution is 5.79. The zero-order valence-corrected chi connectivity index (χ0v) is 15.2. The fraction of sp³-hybridized carbons (Fsp3) is 0.381. The van der Waals surface area contributed by atoms with Crippen LogP contribution in [0.1, 0.15) is 24.0 Å². The van der Waals surface area contributed by atoms with Gasteiger partial charge in [-0.05, 0) is 24.5 Å². The van der Waals surface area contributed by atoms with Gasteiger partial charge in [0.05, 0.1) is 6.61 Å². The van der Waals surface area contributed by atoms with E-state index in [1.165, 1.54) is 11.1 Å². The number of rotatable bonds is 9. The topological polar surface area (TPSA) is 45.6 Å². The lowest BCUT2D eigenvalue weighted by Crippen LogP contribution is -2.41. The van der Waals surface area contributed by atoms with E-state index in [1.807, 2.05) is 6.92 Å². The summed E-state index contributed by atoms with van der Waals surface area (Å²) in [6.45, 7) is 5.00. The first kappa shape index (κ1) is 19.0. The Labute approximate surface area is 151 Å². The summed E-state index contributed by atoms with van der Waals surface area (Å²) in [6.07, 6.45) is 0.994. The Hall–Kier alpha value is -2.33. The number of aliphatic imine (C=N–C) groups is 1. The SMILES string of the molecule is CCOCCNC(=NC)NCC(Cc1ccccc1)c1ccccc1. The highest BCUT2D eigenvalue weighted by Crippen LogP contribution is 2.20. The van der Waals surface area contributed by atoms with Gasteiger partial charge in [-0.3, -0.25) is 4.99 Å². The zero-order chi connectivity index (χ0) is 17.7. The molecule has 0 fully saturated rings. The summed E-state index contributed by atoms with van der Waals surface area (Å²) in [5.74, 6) is 1.20. The maximum absolute atomic E-state index is 5.36. The first-order valence-electron chi connectivity index (χ1n) is 8.94. The van der Waals surface area contributed by atoms with E-state index < -0.39 is 0 Å². The Morgan fingerprint density at radius 2 is 1.68 bits per heavy atom. The molecule has 2 N–H and O–H groups in total. The van der Waals surface area contributed by atoms with Crippen molar-refractivity contribution < 1.29 is 4.74 Å². The molecule has 4 nitrogen and oxygen atoms in total. The minimum Gasteiger partial charge on any atom is -0.380 e. The lowest BCUT2D eigenvalue weighted by molar-refractivity contribution is 0.152.